The number of hydrogen-bond acceptors (Lipinski definition) is 5. The molecular weight excluding hydrogens is 284 g/mol. The van der Waals surface area contributed by atoms with Gasteiger partial charge in [0.1, 0.15) is 6.04 Å². The van der Waals surface area contributed by atoms with Crippen molar-refractivity contribution in [1.29, 1.82) is 0 Å². The lowest BCUT2D eigenvalue weighted by molar-refractivity contribution is -0.387. The molecule has 0 spiro atoms. The van der Waals surface area contributed by atoms with Crippen LogP contribution >= 0.6 is 11.8 Å². The number of carbonyl (C=O) groups is 2. The number of nitro benzene ring substituents is 1. The Balaban J connectivity index is 2.85. The van der Waals surface area contributed by atoms with Crippen molar-refractivity contribution in [3.05, 3.63) is 33.9 Å². The molecule has 1 aromatic rings. The third kappa shape index (κ3) is 4.54. The molecule has 2 N–H and O–H groups in total. The molecule has 1 aromatic carbocycles. The largest absolute Gasteiger partial charge is 0.480 e. The van der Waals surface area contributed by atoms with Crippen LogP contribution < -0.4 is 5.32 Å². The van der Waals surface area contributed by atoms with E-state index in [1.807, 2.05) is 0 Å². The number of nitro groups is 1. The lowest BCUT2D eigenvalue weighted by atomic mass is 10.2. The molecule has 0 bridgehead atoms. The third-order valence-electron chi connectivity index (χ3n) is 2.39. The molecule has 0 radical (unpaired) electrons. The van der Waals surface area contributed by atoms with Gasteiger partial charge in [0.25, 0.3) is 5.69 Å². The molecule has 0 fully saturated rings. The maximum absolute atomic E-state index is 11.0. The molecule has 0 heterocycles. The number of amides is 1. The van der Waals surface area contributed by atoms with Gasteiger partial charge in [-0.1, -0.05) is 6.07 Å². The topological polar surface area (TPSA) is 110 Å². The van der Waals surface area contributed by atoms with Crippen molar-refractivity contribution in [2.75, 3.05) is 5.75 Å². The number of hydrogen-bond donors (Lipinski definition) is 2. The van der Waals surface area contributed by atoms with Gasteiger partial charge in [-0.25, -0.2) is 4.79 Å². The highest BCUT2D eigenvalue weighted by molar-refractivity contribution is 7.99. The van der Waals surface area contributed by atoms with E-state index < -0.39 is 22.8 Å². The second-order valence-electron chi connectivity index (χ2n) is 4.13. The molecule has 0 aromatic heterocycles. The zero-order valence-electron chi connectivity index (χ0n) is 11.0. The van der Waals surface area contributed by atoms with E-state index in [0.29, 0.717) is 4.90 Å². The quantitative estimate of drug-likeness (QED) is 0.469. The van der Waals surface area contributed by atoms with E-state index in [1.54, 1.807) is 19.1 Å². The summed E-state index contributed by atoms with van der Waals surface area (Å²) in [6.45, 7) is 2.95. The van der Waals surface area contributed by atoms with Crippen LogP contribution in [0.5, 0.6) is 0 Å². The zero-order valence-corrected chi connectivity index (χ0v) is 11.8. The lowest BCUT2D eigenvalue weighted by Crippen LogP contribution is -2.41. The fourth-order valence-electron chi connectivity index (χ4n) is 1.49. The van der Waals surface area contributed by atoms with Crippen LogP contribution in [-0.2, 0) is 9.59 Å². The Labute approximate surface area is 119 Å². The first kappa shape index (κ1) is 16.0. The number of carbonyl (C=O) groups excluding carboxylic acids is 1. The van der Waals surface area contributed by atoms with Gasteiger partial charge in [0.05, 0.1) is 9.82 Å². The predicted octanol–water partition coefficient (Wildman–Crippen LogP) is 1.58. The predicted molar refractivity (Wildman–Crippen MR) is 73.8 cm³/mol. The number of nitrogens with one attached hydrogen (secondary N) is 1. The Morgan fingerprint density at radius 3 is 2.65 bits per heavy atom. The van der Waals surface area contributed by atoms with Crippen molar-refractivity contribution in [3.63, 3.8) is 0 Å². The summed E-state index contributed by atoms with van der Waals surface area (Å²) in [6.07, 6.45) is 0. The molecule has 20 heavy (non-hydrogen) atoms. The van der Waals surface area contributed by atoms with Crippen LogP contribution in [0.3, 0.4) is 0 Å². The average molecular weight is 298 g/mol. The van der Waals surface area contributed by atoms with E-state index in [4.69, 9.17) is 5.11 Å². The van der Waals surface area contributed by atoms with Crippen molar-refractivity contribution in [1.82, 2.24) is 5.32 Å². The molecule has 1 amide bonds. The Bertz CT molecular complexity index is 547. The SMILES string of the molecule is CC(=O)NC(CSc1ccc(C)cc1[N+](=O)[O-])C(=O)O. The second kappa shape index (κ2) is 6.90. The maximum atomic E-state index is 11.0. The first-order valence-corrected chi connectivity index (χ1v) is 6.67. The molecule has 0 aliphatic rings. The number of carboxylic acids is 1. The molecule has 108 valence electrons. The Kier molecular flexibility index (Phi) is 5.51. The van der Waals surface area contributed by atoms with Gasteiger partial charge in [-0.15, -0.1) is 11.8 Å². The first-order chi connectivity index (χ1) is 9.31. The first-order valence-electron chi connectivity index (χ1n) is 5.69. The second-order valence-corrected chi connectivity index (χ2v) is 5.19. The van der Waals surface area contributed by atoms with Crippen molar-refractivity contribution in [2.24, 2.45) is 0 Å². The zero-order chi connectivity index (χ0) is 15.3. The number of thioether (sulfide) groups is 1. The lowest BCUT2D eigenvalue weighted by Gasteiger charge is -2.12. The summed E-state index contributed by atoms with van der Waals surface area (Å²) >= 11 is 1.03. The van der Waals surface area contributed by atoms with Crippen LogP contribution in [0.4, 0.5) is 5.69 Å². The van der Waals surface area contributed by atoms with Crippen molar-refractivity contribution >= 4 is 29.3 Å². The molecular formula is C12H14N2O5S. The van der Waals surface area contributed by atoms with E-state index >= 15 is 0 Å². The number of carboxylic acid groups (broad SMARTS) is 1. The van der Waals surface area contributed by atoms with Crippen LogP contribution in [-0.4, -0.2) is 33.7 Å². The molecule has 0 saturated carbocycles. The molecule has 1 atom stereocenters. The number of aryl methyl sites for hydroxylation is 1. The maximum Gasteiger partial charge on any atom is 0.327 e. The molecule has 0 saturated heterocycles. The van der Waals surface area contributed by atoms with E-state index in [9.17, 15) is 19.7 Å². The summed E-state index contributed by atoms with van der Waals surface area (Å²) in [6, 6.07) is 3.63. The Morgan fingerprint density at radius 1 is 1.50 bits per heavy atom. The van der Waals surface area contributed by atoms with Gasteiger partial charge >= 0.3 is 5.97 Å². The molecule has 8 heteroatoms. The van der Waals surface area contributed by atoms with E-state index in [1.165, 1.54) is 13.0 Å². The van der Waals surface area contributed by atoms with Gasteiger partial charge in [0.2, 0.25) is 5.91 Å². The van der Waals surface area contributed by atoms with E-state index in [-0.39, 0.29) is 11.4 Å². The standard InChI is InChI=1S/C12H14N2O5S/c1-7-3-4-11(10(5-7)14(18)19)20-6-9(12(16)17)13-8(2)15/h3-5,9H,6H2,1-2H3,(H,13,15)(H,16,17). The van der Waals surface area contributed by atoms with Gasteiger partial charge in [-0.05, 0) is 18.6 Å². The van der Waals surface area contributed by atoms with Crippen LogP contribution in [0.15, 0.2) is 23.1 Å². The minimum Gasteiger partial charge on any atom is -0.480 e. The van der Waals surface area contributed by atoms with E-state index in [2.05, 4.69) is 5.32 Å². The number of aliphatic carboxylic acids is 1. The number of rotatable bonds is 6. The summed E-state index contributed by atoms with van der Waals surface area (Å²) in [5.41, 5.74) is 0.680. The Hall–Kier alpha value is -2.09. The van der Waals surface area contributed by atoms with Gasteiger partial charge in [0, 0.05) is 18.7 Å². The highest BCUT2D eigenvalue weighted by atomic mass is 32.2. The van der Waals surface area contributed by atoms with Gasteiger partial charge in [0.15, 0.2) is 0 Å². The summed E-state index contributed by atoms with van der Waals surface area (Å²) in [7, 11) is 0. The van der Waals surface area contributed by atoms with Gasteiger partial charge in [-0.3, -0.25) is 14.9 Å². The van der Waals surface area contributed by atoms with Crippen LogP contribution in [0.1, 0.15) is 12.5 Å². The normalized spacial score (nSPS) is 11.7. The molecule has 0 aliphatic carbocycles. The smallest absolute Gasteiger partial charge is 0.327 e. The third-order valence-corrected chi connectivity index (χ3v) is 3.55. The summed E-state index contributed by atoms with van der Waals surface area (Å²) in [4.78, 5) is 32.7. The summed E-state index contributed by atoms with van der Waals surface area (Å²) < 4.78 is 0. The van der Waals surface area contributed by atoms with Gasteiger partial charge < -0.3 is 10.4 Å². The van der Waals surface area contributed by atoms with Gasteiger partial charge in [-0.2, -0.15) is 0 Å². The summed E-state index contributed by atoms with van der Waals surface area (Å²) in [5, 5.41) is 22.2. The van der Waals surface area contributed by atoms with Crippen molar-refractivity contribution in [3.8, 4) is 0 Å². The van der Waals surface area contributed by atoms with Crippen LogP contribution in [0, 0.1) is 17.0 Å². The molecule has 1 unspecified atom stereocenters. The van der Waals surface area contributed by atoms with E-state index in [0.717, 1.165) is 17.3 Å². The monoisotopic (exact) mass is 298 g/mol. The molecule has 7 nitrogen and oxygen atoms in total. The van der Waals surface area contributed by atoms with Crippen LogP contribution in [0.25, 0.3) is 0 Å². The van der Waals surface area contributed by atoms with Crippen molar-refractivity contribution < 1.29 is 19.6 Å². The average Bonchev–Trinajstić information content (AvgIpc) is 2.34. The fourth-order valence-corrected chi connectivity index (χ4v) is 2.50. The highest BCUT2D eigenvalue weighted by Crippen LogP contribution is 2.30. The molecule has 1 rings (SSSR count). The minimum atomic E-state index is -1.18. The molecule has 0 aliphatic heterocycles. The minimum absolute atomic E-state index is 0.0127. The fraction of sp³-hybridized carbons (Fsp3) is 0.333. The highest BCUT2D eigenvalue weighted by Gasteiger charge is 2.21. The number of benzene rings is 1. The summed E-state index contributed by atoms with van der Waals surface area (Å²) in [5.74, 6) is -1.63. The van der Waals surface area contributed by atoms with Crippen molar-refractivity contribution in [2.45, 2.75) is 24.8 Å². The van der Waals surface area contributed by atoms with Crippen LogP contribution in [0.2, 0.25) is 0 Å². The Morgan fingerprint density at radius 2 is 2.15 bits per heavy atom. The number of nitrogens with zero attached hydrogens (tertiary/aromatic N) is 1.